The molecule has 0 heterocycles. The van der Waals surface area contributed by atoms with Crippen molar-refractivity contribution in [3.63, 3.8) is 0 Å². The maximum absolute atomic E-state index is 12.8. The summed E-state index contributed by atoms with van der Waals surface area (Å²) >= 11 is 3.41. The van der Waals surface area contributed by atoms with Gasteiger partial charge in [0, 0.05) is 11.0 Å². The molecule has 0 aromatic heterocycles. The Hall–Kier alpha value is -3.32. The highest BCUT2D eigenvalue weighted by atomic mass is 79.9. The average Bonchev–Trinajstić information content (AvgIpc) is 2.79. The van der Waals surface area contributed by atoms with Crippen molar-refractivity contribution in [1.29, 1.82) is 0 Å². The molecule has 0 aliphatic heterocycles. The molecule has 2 N–H and O–H groups in total. The number of nitrogens with one attached hydrogen (secondary N) is 2. The molecule has 3 aromatic carbocycles. The van der Waals surface area contributed by atoms with E-state index in [2.05, 4.69) is 26.6 Å². The summed E-state index contributed by atoms with van der Waals surface area (Å²) in [5, 5.41) is 5.77. The fourth-order valence-electron chi connectivity index (χ4n) is 3.27. The fourth-order valence-corrected chi connectivity index (χ4v) is 3.72. The summed E-state index contributed by atoms with van der Waals surface area (Å²) in [4.78, 5) is 25.2. The first-order valence-electron chi connectivity index (χ1n) is 10.1. The van der Waals surface area contributed by atoms with Crippen molar-refractivity contribution >= 4 is 33.4 Å². The standard InChI is InChI=1S/C25H25BrN2O4/c1-31-22-11-10-17(15-23(22)32-2)12-13-27-25(30)20-8-3-4-9-21(20)28-24(29)16-18-6-5-7-19(26)14-18/h3-11,14-15H,12-13,16H2,1-2H3,(H,27,30)(H,28,29). The van der Waals surface area contributed by atoms with Crippen molar-refractivity contribution in [2.75, 3.05) is 26.1 Å². The van der Waals surface area contributed by atoms with Gasteiger partial charge < -0.3 is 20.1 Å². The second-order valence-electron chi connectivity index (χ2n) is 7.10. The molecule has 32 heavy (non-hydrogen) atoms. The number of amides is 2. The minimum absolute atomic E-state index is 0.186. The minimum atomic E-state index is -0.246. The van der Waals surface area contributed by atoms with Crippen LogP contribution in [-0.4, -0.2) is 32.6 Å². The van der Waals surface area contributed by atoms with Crippen LogP contribution in [-0.2, 0) is 17.6 Å². The number of para-hydroxylation sites is 1. The largest absolute Gasteiger partial charge is 0.493 e. The predicted molar refractivity (Wildman–Crippen MR) is 129 cm³/mol. The zero-order chi connectivity index (χ0) is 22.9. The van der Waals surface area contributed by atoms with Gasteiger partial charge in [0.1, 0.15) is 0 Å². The van der Waals surface area contributed by atoms with E-state index in [0.29, 0.717) is 35.7 Å². The number of methoxy groups -OCH3 is 2. The first-order chi connectivity index (χ1) is 15.5. The summed E-state index contributed by atoms with van der Waals surface area (Å²) in [5.41, 5.74) is 2.80. The molecule has 0 aliphatic rings. The van der Waals surface area contributed by atoms with Gasteiger partial charge in [-0.2, -0.15) is 0 Å². The molecular formula is C25H25BrN2O4. The van der Waals surface area contributed by atoms with E-state index < -0.39 is 0 Å². The monoisotopic (exact) mass is 496 g/mol. The quantitative estimate of drug-likeness (QED) is 0.453. The van der Waals surface area contributed by atoms with Crippen LogP contribution in [0.25, 0.3) is 0 Å². The molecule has 0 saturated carbocycles. The number of rotatable bonds is 9. The summed E-state index contributed by atoms with van der Waals surface area (Å²) in [6.45, 7) is 0.439. The molecular weight excluding hydrogens is 472 g/mol. The normalized spacial score (nSPS) is 10.3. The van der Waals surface area contributed by atoms with E-state index in [9.17, 15) is 9.59 Å². The van der Waals surface area contributed by atoms with Gasteiger partial charge in [0.25, 0.3) is 5.91 Å². The third-order valence-corrected chi connectivity index (χ3v) is 5.34. The van der Waals surface area contributed by atoms with Crippen molar-refractivity contribution in [3.05, 3.63) is 87.9 Å². The number of anilines is 1. The lowest BCUT2D eigenvalue weighted by Gasteiger charge is -2.12. The van der Waals surface area contributed by atoms with E-state index in [4.69, 9.17) is 9.47 Å². The summed E-state index contributed by atoms with van der Waals surface area (Å²) in [5.74, 6) is 0.875. The van der Waals surface area contributed by atoms with Crippen LogP contribution in [0.1, 0.15) is 21.5 Å². The Morgan fingerprint density at radius 2 is 1.66 bits per heavy atom. The van der Waals surface area contributed by atoms with Gasteiger partial charge >= 0.3 is 0 Å². The van der Waals surface area contributed by atoms with Gasteiger partial charge in [-0.1, -0.05) is 46.3 Å². The molecule has 0 fully saturated rings. The Bertz CT molecular complexity index is 1100. The maximum atomic E-state index is 12.8. The van der Waals surface area contributed by atoms with E-state index >= 15 is 0 Å². The number of hydrogen-bond donors (Lipinski definition) is 2. The molecule has 3 aromatic rings. The molecule has 2 amide bonds. The Kier molecular flexibility index (Phi) is 8.27. The molecule has 0 atom stereocenters. The van der Waals surface area contributed by atoms with Crippen LogP contribution in [0.2, 0.25) is 0 Å². The summed E-state index contributed by atoms with van der Waals surface area (Å²) in [6.07, 6.45) is 0.845. The molecule has 0 unspecified atom stereocenters. The molecule has 7 heteroatoms. The van der Waals surface area contributed by atoms with Crippen molar-refractivity contribution in [2.24, 2.45) is 0 Å². The van der Waals surface area contributed by atoms with Gasteiger partial charge in [-0.25, -0.2) is 0 Å². The van der Waals surface area contributed by atoms with Crippen molar-refractivity contribution in [3.8, 4) is 11.5 Å². The highest BCUT2D eigenvalue weighted by Gasteiger charge is 2.13. The lowest BCUT2D eigenvalue weighted by atomic mass is 10.1. The number of halogens is 1. The summed E-state index contributed by atoms with van der Waals surface area (Å²) in [7, 11) is 3.18. The highest BCUT2D eigenvalue weighted by Crippen LogP contribution is 2.27. The summed E-state index contributed by atoms with van der Waals surface area (Å²) in [6, 6.07) is 20.2. The van der Waals surface area contributed by atoms with Crippen LogP contribution in [0.4, 0.5) is 5.69 Å². The van der Waals surface area contributed by atoms with Crippen LogP contribution in [0.15, 0.2) is 71.2 Å². The van der Waals surface area contributed by atoms with Gasteiger partial charge in [-0.15, -0.1) is 0 Å². The zero-order valence-corrected chi connectivity index (χ0v) is 19.6. The maximum Gasteiger partial charge on any atom is 0.253 e. The molecule has 0 bridgehead atoms. The molecule has 3 rings (SSSR count). The molecule has 0 radical (unpaired) electrons. The van der Waals surface area contributed by atoms with E-state index in [1.54, 1.807) is 38.5 Å². The molecule has 0 saturated heterocycles. The molecule has 6 nitrogen and oxygen atoms in total. The van der Waals surface area contributed by atoms with Crippen molar-refractivity contribution in [1.82, 2.24) is 5.32 Å². The highest BCUT2D eigenvalue weighted by molar-refractivity contribution is 9.10. The summed E-state index contributed by atoms with van der Waals surface area (Å²) < 4.78 is 11.5. The Labute approximate surface area is 196 Å². The van der Waals surface area contributed by atoms with Crippen LogP contribution >= 0.6 is 15.9 Å². The Balaban J connectivity index is 1.59. The van der Waals surface area contributed by atoms with E-state index in [1.165, 1.54) is 0 Å². The van der Waals surface area contributed by atoms with Crippen LogP contribution in [0.5, 0.6) is 11.5 Å². The first kappa shape index (κ1) is 23.3. The average molecular weight is 497 g/mol. The van der Waals surface area contributed by atoms with Crippen molar-refractivity contribution in [2.45, 2.75) is 12.8 Å². The molecule has 166 valence electrons. The number of hydrogen-bond acceptors (Lipinski definition) is 4. The smallest absolute Gasteiger partial charge is 0.253 e. The number of carbonyl (C=O) groups excluding carboxylic acids is 2. The van der Waals surface area contributed by atoms with Gasteiger partial charge in [0.05, 0.1) is 31.9 Å². The second-order valence-corrected chi connectivity index (χ2v) is 8.01. The number of carbonyl (C=O) groups is 2. The molecule has 0 aliphatic carbocycles. The van der Waals surface area contributed by atoms with Crippen LogP contribution < -0.4 is 20.1 Å². The van der Waals surface area contributed by atoms with Crippen LogP contribution in [0, 0.1) is 0 Å². The fraction of sp³-hybridized carbons (Fsp3) is 0.200. The van der Waals surface area contributed by atoms with Gasteiger partial charge in [0.2, 0.25) is 5.91 Å². The van der Waals surface area contributed by atoms with Crippen LogP contribution in [0.3, 0.4) is 0 Å². The van der Waals surface area contributed by atoms with Gasteiger partial charge in [-0.05, 0) is 53.9 Å². The van der Waals surface area contributed by atoms with Gasteiger partial charge in [0.15, 0.2) is 11.5 Å². The SMILES string of the molecule is COc1ccc(CCNC(=O)c2ccccc2NC(=O)Cc2cccc(Br)c2)cc1OC. The topological polar surface area (TPSA) is 76.7 Å². The predicted octanol–water partition coefficient (Wildman–Crippen LogP) is 4.62. The third kappa shape index (κ3) is 6.34. The van der Waals surface area contributed by atoms with E-state index in [0.717, 1.165) is 15.6 Å². The Morgan fingerprint density at radius 1 is 0.875 bits per heavy atom. The first-order valence-corrected chi connectivity index (χ1v) is 10.9. The number of ether oxygens (including phenoxy) is 2. The Morgan fingerprint density at radius 3 is 2.41 bits per heavy atom. The van der Waals surface area contributed by atoms with Crippen molar-refractivity contribution < 1.29 is 19.1 Å². The third-order valence-electron chi connectivity index (χ3n) is 4.85. The molecule has 0 spiro atoms. The second kappa shape index (κ2) is 11.3. The zero-order valence-electron chi connectivity index (χ0n) is 18.0. The van der Waals surface area contributed by atoms with E-state index in [-0.39, 0.29) is 18.2 Å². The van der Waals surface area contributed by atoms with Gasteiger partial charge in [-0.3, -0.25) is 9.59 Å². The minimum Gasteiger partial charge on any atom is -0.493 e. The van der Waals surface area contributed by atoms with E-state index in [1.807, 2.05) is 42.5 Å². The number of benzene rings is 3. The lowest BCUT2D eigenvalue weighted by Crippen LogP contribution is -2.27. The lowest BCUT2D eigenvalue weighted by molar-refractivity contribution is -0.115.